The van der Waals surface area contributed by atoms with E-state index in [0.29, 0.717) is 22.8 Å². The lowest BCUT2D eigenvalue weighted by molar-refractivity contribution is -0.121. The van der Waals surface area contributed by atoms with Crippen molar-refractivity contribution in [3.63, 3.8) is 0 Å². The third-order valence-corrected chi connectivity index (χ3v) is 4.81. The number of aromatic nitrogens is 3. The fourth-order valence-corrected chi connectivity index (χ4v) is 2.95. The fraction of sp³-hybridized carbons (Fsp3) is 0.182. The molecule has 34 heavy (non-hydrogen) atoms. The van der Waals surface area contributed by atoms with Gasteiger partial charge in [-0.25, -0.2) is 20.2 Å². The standard InChI is InChI=1S/C22H24N8O4/c1-13-10-25-19(28-29-22(34)27-20(32)15-6-4-3-5-7-15)21(33)30(13)12-18(31)24-11-16-8-9-17(23)26-14(16)2/h3-10H,11-12H2,1-2H3,(H2,23,26)(H,24,31)(H,25,28)(H2,27,29,32,34). The van der Waals surface area contributed by atoms with Crippen LogP contribution in [0.25, 0.3) is 0 Å². The predicted molar refractivity (Wildman–Crippen MR) is 125 cm³/mol. The molecule has 12 nitrogen and oxygen atoms in total. The molecule has 3 rings (SSSR count). The number of imide groups is 1. The van der Waals surface area contributed by atoms with Crippen molar-refractivity contribution in [2.45, 2.75) is 26.9 Å². The van der Waals surface area contributed by atoms with Gasteiger partial charge >= 0.3 is 6.03 Å². The molecule has 12 heteroatoms. The Bertz CT molecular complexity index is 1270. The van der Waals surface area contributed by atoms with Crippen molar-refractivity contribution in [1.29, 1.82) is 0 Å². The maximum atomic E-state index is 12.7. The average Bonchev–Trinajstić information content (AvgIpc) is 2.81. The van der Waals surface area contributed by atoms with E-state index in [0.717, 1.165) is 5.56 Å². The molecule has 3 aromatic rings. The second kappa shape index (κ2) is 10.7. The quantitative estimate of drug-likeness (QED) is 0.316. The fourth-order valence-electron chi connectivity index (χ4n) is 2.95. The van der Waals surface area contributed by atoms with Crippen molar-refractivity contribution in [2.24, 2.45) is 0 Å². The number of hydrogen-bond acceptors (Lipinski definition) is 8. The molecule has 0 saturated heterocycles. The molecule has 1 aromatic carbocycles. The van der Waals surface area contributed by atoms with Gasteiger partial charge in [0.25, 0.3) is 11.5 Å². The number of hydrazine groups is 1. The van der Waals surface area contributed by atoms with Crippen LogP contribution in [0.15, 0.2) is 53.5 Å². The monoisotopic (exact) mass is 464 g/mol. The Labute approximate surface area is 194 Å². The second-order valence-corrected chi connectivity index (χ2v) is 7.30. The average molecular weight is 464 g/mol. The molecule has 4 amide bonds. The van der Waals surface area contributed by atoms with Crippen LogP contribution in [0.4, 0.5) is 16.4 Å². The number of hydrogen-bond donors (Lipinski definition) is 5. The zero-order valence-electron chi connectivity index (χ0n) is 18.6. The number of nitrogens with one attached hydrogen (secondary N) is 4. The summed E-state index contributed by atoms with van der Waals surface area (Å²) in [5.41, 5.74) is 11.8. The van der Waals surface area contributed by atoms with Gasteiger partial charge in [0.1, 0.15) is 12.4 Å². The highest BCUT2D eigenvalue weighted by molar-refractivity contribution is 6.04. The van der Waals surface area contributed by atoms with Gasteiger partial charge in [0, 0.05) is 29.7 Å². The predicted octanol–water partition coefficient (Wildman–Crippen LogP) is 0.620. The number of urea groups is 1. The molecule has 0 aliphatic rings. The van der Waals surface area contributed by atoms with Crippen molar-refractivity contribution in [3.8, 4) is 0 Å². The van der Waals surface area contributed by atoms with Crippen molar-refractivity contribution in [3.05, 3.63) is 81.5 Å². The van der Waals surface area contributed by atoms with Crippen molar-refractivity contribution >= 4 is 29.5 Å². The van der Waals surface area contributed by atoms with Crippen molar-refractivity contribution < 1.29 is 14.4 Å². The Kier molecular flexibility index (Phi) is 7.54. The van der Waals surface area contributed by atoms with Crippen LogP contribution in [0.5, 0.6) is 0 Å². The third-order valence-electron chi connectivity index (χ3n) is 4.81. The summed E-state index contributed by atoms with van der Waals surface area (Å²) in [6.45, 7) is 3.36. The van der Waals surface area contributed by atoms with Gasteiger partial charge in [-0.1, -0.05) is 24.3 Å². The molecule has 0 bridgehead atoms. The molecule has 6 N–H and O–H groups in total. The summed E-state index contributed by atoms with van der Waals surface area (Å²) < 4.78 is 1.20. The number of nitrogens with zero attached hydrogens (tertiary/aromatic N) is 3. The SMILES string of the molecule is Cc1nc(N)ccc1CNC(=O)Cn1c(C)cnc(NNC(=O)NC(=O)c2ccccc2)c1=O. The van der Waals surface area contributed by atoms with Crippen LogP contribution < -0.4 is 32.8 Å². The minimum absolute atomic E-state index is 0.221. The second-order valence-electron chi connectivity index (χ2n) is 7.30. The Morgan fingerprint density at radius 2 is 1.79 bits per heavy atom. The molecule has 0 fully saturated rings. The molecule has 0 spiro atoms. The minimum atomic E-state index is -0.882. The first kappa shape index (κ1) is 23.9. The minimum Gasteiger partial charge on any atom is -0.384 e. The lowest BCUT2D eigenvalue weighted by atomic mass is 10.2. The number of benzene rings is 1. The lowest BCUT2D eigenvalue weighted by Gasteiger charge is -2.13. The van der Waals surface area contributed by atoms with E-state index in [-0.39, 0.29) is 18.9 Å². The number of rotatable bonds is 7. The third kappa shape index (κ3) is 6.16. The first-order valence-corrected chi connectivity index (χ1v) is 10.2. The van der Waals surface area contributed by atoms with E-state index in [4.69, 9.17) is 5.73 Å². The van der Waals surface area contributed by atoms with Gasteiger partial charge in [-0.2, -0.15) is 0 Å². The van der Waals surface area contributed by atoms with E-state index >= 15 is 0 Å². The molecular weight excluding hydrogens is 440 g/mol. The Balaban J connectivity index is 1.59. The zero-order valence-corrected chi connectivity index (χ0v) is 18.6. The van der Waals surface area contributed by atoms with Crippen molar-refractivity contribution in [2.75, 3.05) is 11.2 Å². The highest BCUT2D eigenvalue weighted by Gasteiger charge is 2.14. The molecule has 176 valence electrons. The lowest BCUT2D eigenvalue weighted by Crippen LogP contribution is -2.44. The maximum Gasteiger partial charge on any atom is 0.340 e. The molecule has 0 aliphatic heterocycles. The van der Waals surface area contributed by atoms with Gasteiger partial charge < -0.3 is 11.1 Å². The number of carbonyl (C=O) groups excluding carboxylic acids is 3. The summed E-state index contributed by atoms with van der Waals surface area (Å²) in [6.07, 6.45) is 1.37. The van der Waals surface area contributed by atoms with Crippen LogP contribution in [0.1, 0.15) is 27.3 Å². The van der Waals surface area contributed by atoms with Gasteiger partial charge in [0.2, 0.25) is 11.7 Å². The van der Waals surface area contributed by atoms with E-state index in [1.807, 2.05) is 0 Å². The summed E-state index contributed by atoms with van der Waals surface area (Å²) >= 11 is 0. The molecule has 0 saturated carbocycles. The summed E-state index contributed by atoms with van der Waals surface area (Å²) in [6, 6.07) is 10.7. The highest BCUT2D eigenvalue weighted by atomic mass is 16.2. The summed E-state index contributed by atoms with van der Waals surface area (Å²) in [5, 5.41) is 4.85. The van der Waals surface area contributed by atoms with Crippen LogP contribution in [0.2, 0.25) is 0 Å². The van der Waals surface area contributed by atoms with Crippen LogP contribution in [-0.4, -0.2) is 32.4 Å². The van der Waals surface area contributed by atoms with Gasteiger partial charge in [-0.05, 0) is 37.6 Å². The highest BCUT2D eigenvalue weighted by Crippen LogP contribution is 2.07. The van der Waals surface area contributed by atoms with Crippen LogP contribution in [0, 0.1) is 13.8 Å². The van der Waals surface area contributed by atoms with E-state index < -0.39 is 23.4 Å². The number of amides is 4. The van der Waals surface area contributed by atoms with E-state index in [9.17, 15) is 19.2 Å². The summed E-state index contributed by atoms with van der Waals surface area (Å²) in [4.78, 5) is 57.3. The van der Waals surface area contributed by atoms with E-state index in [1.54, 1.807) is 56.3 Å². The van der Waals surface area contributed by atoms with E-state index in [2.05, 4.69) is 31.5 Å². The van der Waals surface area contributed by atoms with Crippen LogP contribution in [0.3, 0.4) is 0 Å². The topological polar surface area (TPSA) is 173 Å². The normalized spacial score (nSPS) is 10.3. The van der Waals surface area contributed by atoms with Crippen LogP contribution >= 0.6 is 0 Å². The molecule has 0 aliphatic carbocycles. The Hall–Kier alpha value is -4.74. The number of nitrogens with two attached hydrogens (primary N) is 1. The molecule has 2 aromatic heterocycles. The Morgan fingerprint density at radius 1 is 1.06 bits per heavy atom. The number of anilines is 2. The number of nitrogen functional groups attached to an aromatic ring is 1. The van der Waals surface area contributed by atoms with Crippen LogP contribution in [-0.2, 0) is 17.9 Å². The Morgan fingerprint density at radius 3 is 2.50 bits per heavy atom. The zero-order chi connectivity index (χ0) is 24.7. The maximum absolute atomic E-state index is 12.7. The molecule has 0 radical (unpaired) electrons. The molecular formula is C22H24N8O4. The first-order valence-electron chi connectivity index (χ1n) is 10.2. The number of aryl methyl sites for hydroxylation is 2. The van der Waals surface area contributed by atoms with Gasteiger partial charge in [0.05, 0.1) is 0 Å². The number of pyridine rings is 1. The van der Waals surface area contributed by atoms with Gasteiger partial charge in [-0.15, -0.1) is 0 Å². The molecule has 0 atom stereocenters. The summed E-state index contributed by atoms with van der Waals surface area (Å²) in [7, 11) is 0. The summed E-state index contributed by atoms with van der Waals surface area (Å²) in [5.74, 6) is -0.854. The van der Waals surface area contributed by atoms with Gasteiger partial charge in [-0.3, -0.25) is 29.7 Å². The van der Waals surface area contributed by atoms with E-state index in [1.165, 1.54) is 10.8 Å². The molecule has 2 heterocycles. The first-order chi connectivity index (χ1) is 16.2. The largest absolute Gasteiger partial charge is 0.384 e. The molecule has 0 unspecified atom stereocenters. The van der Waals surface area contributed by atoms with Crippen molar-refractivity contribution in [1.82, 2.24) is 30.6 Å². The smallest absolute Gasteiger partial charge is 0.340 e. The van der Waals surface area contributed by atoms with Gasteiger partial charge in [0.15, 0.2) is 0 Å². The number of carbonyl (C=O) groups is 3.